The number of unbranched alkanes of at least 4 members (excludes halogenated alkanes) is 10. The number of allylic oxidation sites excluding steroid dienone is 1. The van der Waals surface area contributed by atoms with Gasteiger partial charge in [-0.15, -0.1) is 0 Å². The highest BCUT2D eigenvalue weighted by Gasteiger charge is 2.01. The van der Waals surface area contributed by atoms with Crippen LogP contribution in [-0.4, -0.2) is 24.3 Å². The average molecular weight is 341 g/mol. The first-order chi connectivity index (χ1) is 11.7. The summed E-state index contributed by atoms with van der Waals surface area (Å²) in [7, 11) is 1.45. The zero-order chi connectivity index (χ0) is 17.9. The molecule has 0 aromatic carbocycles. The lowest BCUT2D eigenvalue weighted by Gasteiger charge is -2.07. The van der Waals surface area contributed by atoms with E-state index in [0.717, 1.165) is 38.5 Å². The van der Waals surface area contributed by atoms with E-state index in [9.17, 15) is 9.90 Å². The largest absolute Gasteiger partial charge is 0.469 e. The standard InChI is InChI=1S/C21H40O3/c1-3-4-5-14-17-20(22)18-15-12-10-8-6-7-9-11-13-16-19-21(23)24-2/h12,15,20,22H,3-11,13-14,16-19H2,1-2H3/b15-12-. The Morgan fingerprint density at radius 1 is 0.917 bits per heavy atom. The topological polar surface area (TPSA) is 46.5 Å². The summed E-state index contributed by atoms with van der Waals surface area (Å²) in [4.78, 5) is 10.9. The fraction of sp³-hybridized carbons (Fsp3) is 0.857. The van der Waals surface area contributed by atoms with Crippen LogP contribution in [0, 0.1) is 0 Å². The van der Waals surface area contributed by atoms with Gasteiger partial charge < -0.3 is 9.84 Å². The number of hydrogen-bond acceptors (Lipinski definition) is 3. The highest BCUT2D eigenvalue weighted by atomic mass is 16.5. The van der Waals surface area contributed by atoms with Gasteiger partial charge in [-0.3, -0.25) is 4.79 Å². The number of methoxy groups -OCH3 is 1. The molecular weight excluding hydrogens is 300 g/mol. The summed E-state index contributed by atoms with van der Waals surface area (Å²) in [6.07, 6.45) is 21.0. The molecule has 3 nitrogen and oxygen atoms in total. The first kappa shape index (κ1) is 23.2. The van der Waals surface area contributed by atoms with Gasteiger partial charge in [0, 0.05) is 6.42 Å². The van der Waals surface area contributed by atoms with Gasteiger partial charge >= 0.3 is 5.97 Å². The number of carbonyl (C=O) groups excluding carboxylic acids is 1. The maximum absolute atomic E-state index is 10.9. The van der Waals surface area contributed by atoms with Crippen molar-refractivity contribution in [2.24, 2.45) is 0 Å². The molecule has 0 aliphatic rings. The zero-order valence-corrected chi connectivity index (χ0v) is 16.1. The summed E-state index contributed by atoms with van der Waals surface area (Å²) in [5.74, 6) is -0.0899. The van der Waals surface area contributed by atoms with E-state index in [1.165, 1.54) is 58.5 Å². The van der Waals surface area contributed by atoms with E-state index in [1.54, 1.807) is 0 Å². The van der Waals surface area contributed by atoms with Gasteiger partial charge in [-0.1, -0.05) is 76.9 Å². The predicted octanol–water partition coefficient (Wildman–Crippen LogP) is 5.95. The smallest absolute Gasteiger partial charge is 0.305 e. The first-order valence-corrected chi connectivity index (χ1v) is 10.1. The van der Waals surface area contributed by atoms with Crippen LogP contribution in [0.4, 0.5) is 0 Å². The molecule has 0 fully saturated rings. The summed E-state index contributed by atoms with van der Waals surface area (Å²) in [5, 5.41) is 9.86. The third-order valence-electron chi connectivity index (χ3n) is 4.45. The lowest BCUT2D eigenvalue weighted by atomic mass is 10.1. The van der Waals surface area contributed by atoms with Gasteiger partial charge in [-0.05, 0) is 32.1 Å². The Balaban J connectivity index is 3.24. The van der Waals surface area contributed by atoms with E-state index in [2.05, 4.69) is 23.8 Å². The average Bonchev–Trinajstić information content (AvgIpc) is 2.59. The lowest BCUT2D eigenvalue weighted by molar-refractivity contribution is -0.140. The molecule has 142 valence electrons. The molecule has 1 atom stereocenters. The van der Waals surface area contributed by atoms with Crippen LogP contribution in [0.1, 0.15) is 103 Å². The van der Waals surface area contributed by atoms with Crippen molar-refractivity contribution >= 4 is 5.97 Å². The molecule has 0 aromatic heterocycles. The molecule has 1 N–H and O–H groups in total. The van der Waals surface area contributed by atoms with Crippen molar-refractivity contribution in [1.82, 2.24) is 0 Å². The van der Waals surface area contributed by atoms with Gasteiger partial charge in [0.2, 0.25) is 0 Å². The van der Waals surface area contributed by atoms with Crippen LogP contribution in [0.15, 0.2) is 12.2 Å². The van der Waals surface area contributed by atoms with Crippen LogP contribution in [0.3, 0.4) is 0 Å². The van der Waals surface area contributed by atoms with Crippen LogP contribution in [0.5, 0.6) is 0 Å². The van der Waals surface area contributed by atoms with Crippen LogP contribution in [0.25, 0.3) is 0 Å². The fourth-order valence-corrected chi connectivity index (χ4v) is 2.81. The summed E-state index contributed by atoms with van der Waals surface area (Å²) in [5.41, 5.74) is 0. The minimum atomic E-state index is -0.150. The molecule has 0 radical (unpaired) electrons. The first-order valence-electron chi connectivity index (χ1n) is 10.1. The number of rotatable bonds is 17. The van der Waals surface area contributed by atoms with Gasteiger partial charge in [0.15, 0.2) is 0 Å². The molecule has 0 saturated carbocycles. The van der Waals surface area contributed by atoms with Crippen molar-refractivity contribution in [3.8, 4) is 0 Å². The van der Waals surface area contributed by atoms with E-state index in [-0.39, 0.29) is 12.1 Å². The highest BCUT2D eigenvalue weighted by molar-refractivity contribution is 5.68. The SMILES string of the molecule is CCCCCCC(O)C/C=C\CCCCCCCCCC(=O)OC. The zero-order valence-electron chi connectivity index (χ0n) is 16.1. The van der Waals surface area contributed by atoms with Crippen molar-refractivity contribution in [3.63, 3.8) is 0 Å². The van der Waals surface area contributed by atoms with E-state index >= 15 is 0 Å². The molecular formula is C21H40O3. The molecule has 0 rings (SSSR count). The second-order valence-corrected chi connectivity index (χ2v) is 6.80. The summed E-state index contributed by atoms with van der Waals surface area (Å²) in [6.45, 7) is 2.21. The predicted molar refractivity (Wildman–Crippen MR) is 102 cm³/mol. The molecule has 24 heavy (non-hydrogen) atoms. The molecule has 0 aliphatic heterocycles. The number of esters is 1. The Kier molecular flexibility index (Phi) is 17.9. The quantitative estimate of drug-likeness (QED) is 0.202. The van der Waals surface area contributed by atoms with E-state index in [4.69, 9.17) is 0 Å². The van der Waals surface area contributed by atoms with Crippen LogP contribution >= 0.6 is 0 Å². The minimum Gasteiger partial charge on any atom is -0.469 e. The molecule has 0 bridgehead atoms. The van der Waals surface area contributed by atoms with Gasteiger partial charge in [0.05, 0.1) is 13.2 Å². The van der Waals surface area contributed by atoms with E-state index in [0.29, 0.717) is 6.42 Å². The monoisotopic (exact) mass is 340 g/mol. The Labute approximate surface area is 149 Å². The number of aliphatic hydroxyl groups excluding tert-OH is 1. The Morgan fingerprint density at radius 3 is 2.21 bits per heavy atom. The van der Waals surface area contributed by atoms with Gasteiger partial charge in [0.1, 0.15) is 0 Å². The van der Waals surface area contributed by atoms with E-state index < -0.39 is 0 Å². The summed E-state index contributed by atoms with van der Waals surface area (Å²) in [6, 6.07) is 0. The van der Waals surface area contributed by atoms with Crippen LogP contribution < -0.4 is 0 Å². The minimum absolute atomic E-state index is 0.0899. The molecule has 0 aliphatic carbocycles. The van der Waals surface area contributed by atoms with Crippen molar-refractivity contribution in [2.45, 2.75) is 109 Å². The second-order valence-electron chi connectivity index (χ2n) is 6.80. The number of carbonyl (C=O) groups is 1. The Bertz CT molecular complexity index is 299. The van der Waals surface area contributed by atoms with Crippen molar-refractivity contribution in [3.05, 3.63) is 12.2 Å². The van der Waals surface area contributed by atoms with Gasteiger partial charge in [0.25, 0.3) is 0 Å². The number of aliphatic hydroxyl groups is 1. The molecule has 0 saturated heterocycles. The number of ether oxygens (including phenoxy) is 1. The molecule has 0 amide bonds. The third-order valence-corrected chi connectivity index (χ3v) is 4.45. The highest BCUT2D eigenvalue weighted by Crippen LogP contribution is 2.11. The molecule has 1 unspecified atom stereocenters. The second kappa shape index (κ2) is 18.5. The van der Waals surface area contributed by atoms with Crippen molar-refractivity contribution < 1.29 is 14.6 Å². The van der Waals surface area contributed by atoms with Crippen LogP contribution in [-0.2, 0) is 9.53 Å². The molecule has 0 spiro atoms. The van der Waals surface area contributed by atoms with Gasteiger partial charge in [-0.25, -0.2) is 0 Å². The molecule has 3 heteroatoms. The molecule has 0 heterocycles. The number of hydrogen-bond donors (Lipinski definition) is 1. The molecule has 0 aromatic rings. The Hall–Kier alpha value is -0.830. The van der Waals surface area contributed by atoms with Crippen molar-refractivity contribution in [2.75, 3.05) is 7.11 Å². The normalized spacial score (nSPS) is 12.6. The summed E-state index contributed by atoms with van der Waals surface area (Å²) >= 11 is 0. The lowest BCUT2D eigenvalue weighted by Crippen LogP contribution is -2.04. The maximum atomic E-state index is 10.9. The fourth-order valence-electron chi connectivity index (χ4n) is 2.81. The Morgan fingerprint density at radius 2 is 1.54 bits per heavy atom. The van der Waals surface area contributed by atoms with Gasteiger partial charge in [-0.2, -0.15) is 0 Å². The van der Waals surface area contributed by atoms with Crippen molar-refractivity contribution in [1.29, 1.82) is 0 Å². The summed E-state index contributed by atoms with van der Waals surface area (Å²) < 4.78 is 4.62. The maximum Gasteiger partial charge on any atom is 0.305 e. The van der Waals surface area contributed by atoms with E-state index in [1.807, 2.05) is 0 Å². The van der Waals surface area contributed by atoms with Crippen LogP contribution in [0.2, 0.25) is 0 Å². The third kappa shape index (κ3) is 17.5.